The molecule has 0 radical (unpaired) electrons. The van der Waals surface area contributed by atoms with Crippen LogP contribution in [0.3, 0.4) is 0 Å². The average molecular weight is 305 g/mol. The van der Waals surface area contributed by atoms with E-state index in [4.69, 9.17) is 12.2 Å². The Morgan fingerprint density at radius 2 is 1.67 bits per heavy atom. The van der Waals surface area contributed by atoms with Crippen molar-refractivity contribution in [3.63, 3.8) is 0 Å². The summed E-state index contributed by atoms with van der Waals surface area (Å²) in [5.41, 5.74) is -0.513. The van der Waals surface area contributed by atoms with Gasteiger partial charge in [-0.25, -0.2) is 0 Å². The first-order valence-electron chi connectivity index (χ1n) is 6.84. The summed E-state index contributed by atoms with van der Waals surface area (Å²) in [5, 5.41) is 5.24. The maximum Gasteiger partial charge on any atom is 0.246 e. The Morgan fingerprint density at radius 3 is 2.19 bits per heavy atom. The largest absolute Gasteiger partial charge is 0.309 e. The molecular weight excluding hydrogens is 286 g/mol. The zero-order valence-corrected chi connectivity index (χ0v) is 13.0. The number of carbonyl (C=O) groups excluding carboxylic acids is 2. The van der Waals surface area contributed by atoms with Gasteiger partial charge in [-0.15, -0.1) is 0 Å². The number of thiocarbonyl (C=S) groups is 1. The van der Waals surface area contributed by atoms with E-state index < -0.39 is 5.41 Å². The second-order valence-electron chi connectivity index (χ2n) is 5.42. The van der Waals surface area contributed by atoms with Gasteiger partial charge in [-0.05, 0) is 51.3 Å². The minimum atomic E-state index is -1.21. The molecule has 0 unspecified atom stereocenters. The van der Waals surface area contributed by atoms with E-state index in [1.54, 1.807) is 0 Å². The van der Waals surface area contributed by atoms with Crippen LogP contribution < -0.4 is 10.6 Å². The molecule has 2 amide bonds. The third-order valence-electron chi connectivity index (χ3n) is 3.65. The van der Waals surface area contributed by atoms with Crippen LogP contribution >= 0.6 is 12.2 Å². The lowest BCUT2D eigenvalue weighted by Gasteiger charge is -2.35. The summed E-state index contributed by atoms with van der Waals surface area (Å²) >= 11 is 4.89. The van der Waals surface area contributed by atoms with Gasteiger partial charge in [0.25, 0.3) is 0 Å². The SMILES string of the molecule is CN(C)CCCC1(c2ccccc2)C(=O)NC(=S)NC1=O. The van der Waals surface area contributed by atoms with Gasteiger partial charge in [0.1, 0.15) is 0 Å². The van der Waals surface area contributed by atoms with Crippen molar-refractivity contribution in [3.8, 4) is 0 Å². The lowest BCUT2D eigenvalue weighted by Crippen LogP contribution is -2.64. The maximum absolute atomic E-state index is 12.5. The minimum absolute atomic E-state index is 0.0733. The lowest BCUT2D eigenvalue weighted by molar-refractivity contribution is -0.138. The van der Waals surface area contributed by atoms with Crippen LogP contribution in [-0.4, -0.2) is 42.5 Å². The minimum Gasteiger partial charge on any atom is -0.309 e. The van der Waals surface area contributed by atoms with Crippen molar-refractivity contribution in [2.24, 2.45) is 0 Å². The highest BCUT2D eigenvalue weighted by atomic mass is 32.1. The zero-order valence-electron chi connectivity index (χ0n) is 12.2. The molecule has 0 bridgehead atoms. The van der Waals surface area contributed by atoms with E-state index in [1.807, 2.05) is 49.3 Å². The molecule has 1 saturated heterocycles. The standard InChI is InChI=1S/C15H19N3O2S/c1-18(2)10-6-9-15(11-7-4-3-5-8-11)12(19)16-14(21)17-13(15)20/h3-5,7-8H,6,9-10H2,1-2H3,(H2,16,17,19,20,21). The molecule has 2 rings (SSSR count). The molecule has 1 fully saturated rings. The van der Waals surface area contributed by atoms with Gasteiger partial charge in [0, 0.05) is 0 Å². The van der Waals surface area contributed by atoms with Gasteiger partial charge in [-0.2, -0.15) is 0 Å². The third-order valence-corrected chi connectivity index (χ3v) is 3.86. The van der Waals surface area contributed by atoms with Crippen LogP contribution in [0.5, 0.6) is 0 Å². The van der Waals surface area contributed by atoms with E-state index in [0.717, 1.165) is 13.0 Å². The Kier molecular flexibility index (Phi) is 4.69. The van der Waals surface area contributed by atoms with E-state index in [2.05, 4.69) is 10.6 Å². The molecule has 1 aromatic carbocycles. The zero-order chi connectivity index (χ0) is 15.5. The van der Waals surface area contributed by atoms with Crippen molar-refractivity contribution >= 4 is 29.1 Å². The fraction of sp³-hybridized carbons (Fsp3) is 0.400. The average Bonchev–Trinajstić information content (AvgIpc) is 2.42. The predicted octanol–water partition coefficient (Wildman–Crippen LogP) is 0.797. The fourth-order valence-electron chi connectivity index (χ4n) is 2.57. The molecule has 6 heteroatoms. The quantitative estimate of drug-likeness (QED) is 0.624. The maximum atomic E-state index is 12.5. The fourth-order valence-corrected chi connectivity index (χ4v) is 2.76. The lowest BCUT2D eigenvalue weighted by atomic mass is 9.74. The molecule has 0 atom stereocenters. The predicted molar refractivity (Wildman–Crippen MR) is 84.8 cm³/mol. The molecule has 5 nitrogen and oxygen atoms in total. The Labute approximate surface area is 129 Å². The first-order valence-corrected chi connectivity index (χ1v) is 7.25. The summed E-state index contributed by atoms with van der Waals surface area (Å²) < 4.78 is 0. The molecule has 1 aromatic rings. The number of amides is 2. The van der Waals surface area contributed by atoms with E-state index in [9.17, 15) is 9.59 Å². The Balaban J connectivity index is 2.36. The molecule has 21 heavy (non-hydrogen) atoms. The van der Waals surface area contributed by atoms with Gasteiger partial charge in [-0.1, -0.05) is 30.3 Å². The van der Waals surface area contributed by atoms with Crippen LogP contribution in [0, 0.1) is 0 Å². The number of carbonyl (C=O) groups is 2. The smallest absolute Gasteiger partial charge is 0.246 e. The Hall–Kier alpha value is -1.79. The Bertz CT molecular complexity index is 537. The molecule has 112 valence electrons. The summed E-state index contributed by atoms with van der Waals surface area (Å²) in [6.45, 7) is 0.805. The molecule has 1 heterocycles. The van der Waals surface area contributed by atoms with Gasteiger partial charge in [0.2, 0.25) is 11.8 Å². The van der Waals surface area contributed by atoms with Crippen LogP contribution in [-0.2, 0) is 15.0 Å². The van der Waals surface area contributed by atoms with Gasteiger partial charge >= 0.3 is 0 Å². The number of nitrogens with zero attached hydrogens (tertiary/aromatic N) is 1. The van der Waals surface area contributed by atoms with Gasteiger partial charge in [0.05, 0.1) is 0 Å². The topological polar surface area (TPSA) is 61.4 Å². The first-order chi connectivity index (χ1) is 9.96. The number of rotatable bonds is 5. The second-order valence-corrected chi connectivity index (χ2v) is 5.82. The normalized spacial score (nSPS) is 17.6. The highest BCUT2D eigenvalue weighted by Gasteiger charge is 2.50. The summed E-state index contributed by atoms with van der Waals surface area (Å²) in [5.74, 6) is -0.692. The van der Waals surface area contributed by atoms with E-state index >= 15 is 0 Å². The van der Waals surface area contributed by atoms with Crippen molar-refractivity contribution in [1.82, 2.24) is 15.5 Å². The molecule has 2 N–H and O–H groups in total. The number of nitrogens with one attached hydrogen (secondary N) is 2. The molecule has 0 aromatic heterocycles. The van der Waals surface area contributed by atoms with Gasteiger partial charge < -0.3 is 15.5 Å². The number of hydrogen-bond donors (Lipinski definition) is 2. The summed E-state index contributed by atoms with van der Waals surface area (Å²) in [7, 11) is 3.93. The Morgan fingerprint density at radius 1 is 1.10 bits per heavy atom. The van der Waals surface area contributed by atoms with Crippen LogP contribution in [0.2, 0.25) is 0 Å². The molecule has 0 spiro atoms. The molecule has 0 aliphatic carbocycles. The molecule has 1 aliphatic rings. The van der Waals surface area contributed by atoms with Crippen molar-refractivity contribution in [3.05, 3.63) is 35.9 Å². The van der Waals surface area contributed by atoms with Crippen molar-refractivity contribution < 1.29 is 9.59 Å². The number of benzene rings is 1. The van der Waals surface area contributed by atoms with Crippen LogP contribution in [0.1, 0.15) is 18.4 Å². The van der Waals surface area contributed by atoms with Gasteiger partial charge in [-0.3, -0.25) is 9.59 Å². The van der Waals surface area contributed by atoms with Crippen molar-refractivity contribution in [2.45, 2.75) is 18.3 Å². The second kappa shape index (κ2) is 6.32. The molecule has 0 saturated carbocycles. The summed E-state index contributed by atoms with van der Waals surface area (Å²) in [4.78, 5) is 27.1. The van der Waals surface area contributed by atoms with Crippen LogP contribution in [0.15, 0.2) is 30.3 Å². The molecule has 1 aliphatic heterocycles. The van der Waals surface area contributed by atoms with Crippen LogP contribution in [0.25, 0.3) is 0 Å². The van der Waals surface area contributed by atoms with Crippen molar-refractivity contribution in [2.75, 3.05) is 20.6 Å². The van der Waals surface area contributed by atoms with Crippen LogP contribution in [0.4, 0.5) is 0 Å². The summed E-state index contributed by atoms with van der Waals surface area (Å²) in [6, 6.07) is 9.14. The monoisotopic (exact) mass is 305 g/mol. The summed E-state index contributed by atoms with van der Waals surface area (Å²) in [6.07, 6.45) is 1.17. The number of hydrogen-bond acceptors (Lipinski definition) is 4. The highest BCUT2D eigenvalue weighted by molar-refractivity contribution is 7.80. The third kappa shape index (κ3) is 3.11. The van der Waals surface area contributed by atoms with E-state index in [0.29, 0.717) is 12.0 Å². The van der Waals surface area contributed by atoms with E-state index in [-0.39, 0.29) is 16.9 Å². The van der Waals surface area contributed by atoms with E-state index in [1.165, 1.54) is 0 Å². The highest BCUT2D eigenvalue weighted by Crippen LogP contribution is 2.32. The van der Waals surface area contributed by atoms with Gasteiger partial charge in [0.15, 0.2) is 10.5 Å². The molecular formula is C15H19N3O2S. The first kappa shape index (κ1) is 15.6. The van der Waals surface area contributed by atoms with Crippen molar-refractivity contribution in [1.29, 1.82) is 0 Å².